The fourth-order valence-electron chi connectivity index (χ4n) is 9.11. The van der Waals surface area contributed by atoms with Crippen molar-refractivity contribution in [3.05, 3.63) is 83.6 Å². The van der Waals surface area contributed by atoms with Crippen molar-refractivity contribution in [1.29, 1.82) is 0 Å². The molecule has 0 bridgehead atoms. The van der Waals surface area contributed by atoms with Crippen LogP contribution in [-0.4, -0.2) is 150 Å². The molecule has 2 atom stereocenters. The van der Waals surface area contributed by atoms with Crippen molar-refractivity contribution in [2.75, 3.05) is 69.6 Å². The van der Waals surface area contributed by atoms with Gasteiger partial charge in [0.1, 0.15) is 6.54 Å². The third-order valence-electron chi connectivity index (χ3n) is 12.6. The molecule has 3 aliphatic heterocycles. The maximum absolute atomic E-state index is 12.5. The summed E-state index contributed by atoms with van der Waals surface area (Å²) in [5.74, 6) is -3.16. The molecule has 5 rings (SSSR count). The Bertz CT molecular complexity index is 2920. The average Bonchev–Trinajstić information content (AvgIpc) is 3.81. The van der Waals surface area contributed by atoms with Crippen LogP contribution >= 0.6 is 0 Å². The number of hydrogen-bond donors (Lipinski definition) is 4. The molecule has 1 saturated heterocycles. The predicted molar refractivity (Wildman–Crippen MR) is 261 cm³/mol. The van der Waals surface area contributed by atoms with Gasteiger partial charge >= 0.3 is 5.97 Å². The van der Waals surface area contributed by atoms with E-state index in [1.54, 1.807) is 51.3 Å². The Morgan fingerprint density at radius 3 is 1.86 bits per heavy atom. The van der Waals surface area contributed by atoms with Crippen LogP contribution in [0.1, 0.15) is 89.2 Å². The summed E-state index contributed by atoms with van der Waals surface area (Å²) in [5.41, 5.74) is 0.956. The third kappa shape index (κ3) is 15.4. The van der Waals surface area contributed by atoms with E-state index in [0.717, 1.165) is 0 Å². The highest BCUT2D eigenvalue weighted by Crippen LogP contribution is 2.51. The van der Waals surface area contributed by atoms with Gasteiger partial charge in [-0.05, 0) is 94.3 Å². The summed E-state index contributed by atoms with van der Waals surface area (Å²) in [4.78, 5) is 42.4. The van der Waals surface area contributed by atoms with Gasteiger partial charge in [0.15, 0.2) is 5.71 Å². The number of fused-ring (bicyclic) bond motifs is 2. The lowest BCUT2D eigenvalue weighted by molar-refractivity contribution is -0.438. The number of methoxy groups -OCH3 is 1. The highest BCUT2D eigenvalue weighted by Gasteiger charge is 2.48. The van der Waals surface area contributed by atoms with Gasteiger partial charge in [-0.2, -0.15) is 38.2 Å². The van der Waals surface area contributed by atoms with E-state index in [9.17, 15) is 66.3 Å². The minimum absolute atomic E-state index is 0.0378. The molecule has 1 fully saturated rings. The summed E-state index contributed by atoms with van der Waals surface area (Å²) in [7, 11) is -16.6. The van der Waals surface area contributed by atoms with Gasteiger partial charge in [0.25, 0.3) is 52.3 Å². The number of imide groups is 1. The maximum Gasteiger partial charge on any atom is 0.333 e. The Kier molecular flexibility index (Phi) is 19.8. The first kappa shape index (κ1) is 58.2. The lowest BCUT2D eigenvalue weighted by Crippen LogP contribution is -2.32. The van der Waals surface area contributed by atoms with Crippen LogP contribution in [0.25, 0.3) is 0 Å². The first-order valence-corrected chi connectivity index (χ1v) is 29.1. The molecule has 2 amide bonds. The van der Waals surface area contributed by atoms with Crippen molar-refractivity contribution >= 4 is 75.3 Å². The normalized spacial score (nSPS) is 20.2. The molecule has 4 N–H and O–H groups in total. The molecular formula is C46H62N3O19S4+. The smallest absolute Gasteiger partial charge is 0.333 e. The molecule has 22 nitrogen and oxygen atoms in total. The molecule has 2 unspecified atom stereocenters. The van der Waals surface area contributed by atoms with Crippen LogP contribution in [-0.2, 0) is 84.7 Å². The SMILES string of the molecule is COCCOCCOCCN1C(=CC=CC=CC2=[N+](CCCCCC(=O)ON3C(=O)CCC3=O)c3ccc(S(=O)(=O)O)cc3C2(C)CCCS(=O)(=O)O)C(C)(CCCS(=O)(=O)O)c2cc(S(=O)(=O)O)ccc21. The van der Waals surface area contributed by atoms with Crippen LogP contribution in [0.2, 0.25) is 0 Å². The highest BCUT2D eigenvalue weighted by atomic mass is 32.2. The summed E-state index contributed by atoms with van der Waals surface area (Å²) in [5, 5.41) is 0.475. The number of nitrogens with zero attached hydrogens (tertiary/aromatic N) is 3. The molecule has 3 aliphatic rings. The Hall–Kier alpha value is -4.74. The van der Waals surface area contributed by atoms with Gasteiger partial charge in [-0.15, -0.1) is 5.06 Å². The summed E-state index contributed by atoms with van der Waals surface area (Å²) in [6.45, 7) is 5.55. The number of anilines is 1. The number of rotatable bonds is 29. The van der Waals surface area contributed by atoms with E-state index in [4.69, 9.17) is 19.0 Å². The summed E-state index contributed by atoms with van der Waals surface area (Å²) >= 11 is 0. The maximum atomic E-state index is 12.5. The number of hydrogen-bond acceptors (Lipinski definition) is 16. The zero-order valence-corrected chi connectivity index (χ0v) is 43.4. The fourth-order valence-corrected chi connectivity index (χ4v) is 11.1. The van der Waals surface area contributed by atoms with Crippen molar-refractivity contribution in [2.45, 2.75) is 98.7 Å². The fraction of sp³-hybridized carbons (Fsp3) is 0.522. The molecule has 0 radical (unpaired) electrons. The van der Waals surface area contributed by atoms with Gasteiger partial charge in [0, 0.05) is 73.8 Å². The lowest BCUT2D eigenvalue weighted by atomic mass is 9.76. The summed E-state index contributed by atoms with van der Waals surface area (Å²) < 4.78 is 155. The Labute approximate surface area is 420 Å². The number of hydroxylamine groups is 2. The van der Waals surface area contributed by atoms with Gasteiger partial charge < -0.3 is 23.9 Å². The molecule has 26 heteroatoms. The van der Waals surface area contributed by atoms with Crippen LogP contribution in [0.5, 0.6) is 0 Å². The Balaban J connectivity index is 1.51. The largest absolute Gasteiger partial charge is 0.382 e. The molecule has 398 valence electrons. The Morgan fingerprint density at radius 1 is 0.694 bits per heavy atom. The monoisotopic (exact) mass is 1090 g/mol. The van der Waals surface area contributed by atoms with E-state index in [-0.39, 0.29) is 76.2 Å². The summed E-state index contributed by atoms with van der Waals surface area (Å²) in [6.07, 6.45) is 9.62. The molecule has 2 aromatic carbocycles. The van der Waals surface area contributed by atoms with E-state index in [1.165, 1.54) is 36.4 Å². The van der Waals surface area contributed by atoms with Crippen LogP contribution in [0, 0.1) is 0 Å². The minimum Gasteiger partial charge on any atom is -0.382 e. The van der Waals surface area contributed by atoms with E-state index in [0.29, 0.717) is 78.0 Å². The molecule has 0 spiro atoms. The second-order valence-electron chi connectivity index (χ2n) is 17.8. The second-order valence-corrected chi connectivity index (χ2v) is 23.8. The van der Waals surface area contributed by atoms with Crippen LogP contribution in [0.15, 0.2) is 82.3 Å². The van der Waals surface area contributed by atoms with Gasteiger partial charge in [-0.1, -0.05) is 18.2 Å². The van der Waals surface area contributed by atoms with Gasteiger partial charge in [-0.25, -0.2) is 4.79 Å². The molecule has 2 aromatic rings. The zero-order valence-electron chi connectivity index (χ0n) is 40.2. The van der Waals surface area contributed by atoms with Crippen molar-refractivity contribution < 1.29 is 89.9 Å². The highest BCUT2D eigenvalue weighted by molar-refractivity contribution is 7.86. The predicted octanol–water partition coefficient (Wildman–Crippen LogP) is 4.49. The number of allylic oxidation sites excluding steroid dienone is 6. The molecular weight excluding hydrogens is 1030 g/mol. The van der Waals surface area contributed by atoms with Gasteiger partial charge in [0.05, 0.1) is 59.7 Å². The third-order valence-corrected chi connectivity index (χ3v) is 15.9. The first-order valence-electron chi connectivity index (χ1n) is 23.0. The van der Waals surface area contributed by atoms with E-state index < -0.39 is 85.5 Å². The van der Waals surface area contributed by atoms with E-state index >= 15 is 0 Å². The van der Waals surface area contributed by atoms with Crippen molar-refractivity contribution in [3.63, 3.8) is 0 Å². The van der Waals surface area contributed by atoms with Crippen LogP contribution < -0.4 is 4.90 Å². The second kappa shape index (κ2) is 24.5. The summed E-state index contributed by atoms with van der Waals surface area (Å²) in [6, 6.07) is 8.16. The standard InChI is InChI=1S/C46H61N3O19S4/c1-45(21-10-30-69(53,54)55)36-32-34(71(59,60)61)15-17-38(36)47(23-9-5-8-14-44(52)68-49-42(50)19-20-43(49)51)40(45)12-6-4-7-13-41-46(2,22-11-31-70(56,57)58)37-33-35(72(62,63)64)16-18-39(37)48(41)24-25-66-28-29-67-27-26-65-3/h4,6-7,12-13,15-18,32-33H,5,8-11,14,19-31H2,1-3H3,(H3-,53,54,55,56,57,58,59,60,61,62,63,64)/p+1. The molecule has 0 aromatic heterocycles. The van der Waals surface area contributed by atoms with Crippen molar-refractivity contribution in [3.8, 4) is 0 Å². The molecule has 0 saturated carbocycles. The number of benzene rings is 2. The topological polar surface area (TPSA) is 315 Å². The van der Waals surface area contributed by atoms with E-state index in [1.807, 2.05) is 9.48 Å². The molecule has 72 heavy (non-hydrogen) atoms. The number of carbonyl (C=O) groups excluding carboxylic acids is 3. The van der Waals surface area contributed by atoms with Gasteiger partial charge in [-0.3, -0.25) is 27.8 Å². The minimum atomic E-state index is -4.70. The van der Waals surface area contributed by atoms with Crippen LogP contribution in [0.4, 0.5) is 11.4 Å². The number of amides is 2. The molecule has 3 heterocycles. The first-order chi connectivity index (χ1) is 33.7. The average molecular weight is 1090 g/mol. The van der Waals surface area contributed by atoms with Crippen LogP contribution in [0.3, 0.4) is 0 Å². The quantitative estimate of drug-likeness (QED) is 0.0287. The Morgan fingerprint density at radius 2 is 1.26 bits per heavy atom. The zero-order chi connectivity index (χ0) is 53.1. The van der Waals surface area contributed by atoms with Crippen molar-refractivity contribution in [2.24, 2.45) is 0 Å². The van der Waals surface area contributed by atoms with Crippen molar-refractivity contribution in [1.82, 2.24) is 5.06 Å². The number of ether oxygens (including phenoxy) is 3. The van der Waals surface area contributed by atoms with E-state index in [2.05, 4.69) is 0 Å². The lowest BCUT2D eigenvalue weighted by Gasteiger charge is -2.30. The van der Waals surface area contributed by atoms with Gasteiger partial charge in [0.2, 0.25) is 5.69 Å². The number of carbonyl (C=O) groups is 3. The number of unbranched alkanes of at least 4 members (excludes halogenated alkanes) is 2. The molecule has 0 aliphatic carbocycles.